The number of carbonyl (C=O) groups is 1. The van der Waals surface area contributed by atoms with Crippen LogP contribution in [0.2, 0.25) is 0 Å². The van der Waals surface area contributed by atoms with Gasteiger partial charge < -0.3 is 4.74 Å². The van der Waals surface area contributed by atoms with E-state index in [1.807, 2.05) is 11.4 Å². The molecule has 0 amide bonds. The van der Waals surface area contributed by atoms with Gasteiger partial charge in [0.25, 0.3) is 0 Å². The summed E-state index contributed by atoms with van der Waals surface area (Å²) < 4.78 is 19.3. The van der Waals surface area contributed by atoms with Gasteiger partial charge in [-0.25, -0.2) is 4.57 Å². The van der Waals surface area contributed by atoms with Gasteiger partial charge in [0.05, 0.1) is 0 Å². The summed E-state index contributed by atoms with van der Waals surface area (Å²) in [7, 11) is -0.483. The normalized spacial score (nSPS) is 10.2. The van der Waals surface area contributed by atoms with Crippen molar-refractivity contribution >= 4 is 25.8 Å². The Morgan fingerprint density at radius 1 is 1.54 bits per heavy atom. The van der Waals surface area contributed by atoms with Crippen LogP contribution in [0.4, 0.5) is 0 Å². The Balaban J connectivity index is 2.19. The lowest BCUT2D eigenvalue weighted by Gasteiger charge is -1.99. The van der Waals surface area contributed by atoms with Crippen molar-refractivity contribution in [2.45, 2.75) is 0 Å². The lowest BCUT2D eigenvalue weighted by Crippen LogP contribution is -2.14. The largest absolute Gasteiger partial charge is 0.476 e. The van der Waals surface area contributed by atoms with Crippen molar-refractivity contribution in [2.75, 3.05) is 13.2 Å². The lowest BCUT2D eigenvalue weighted by atomic mass is 10.4. The third kappa shape index (κ3) is 4.12. The maximum atomic E-state index is 10.9. The molecule has 0 saturated heterocycles. The summed E-state index contributed by atoms with van der Waals surface area (Å²) in [5, 5.41) is 2.54. The van der Waals surface area contributed by atoms with Crippen LogP contribution in [-0.2, 0) is 13.9 Å². The third-order valence-electron chi connectivity index (χ3n) is 1.15. The molecule has 0 atom stereocenters. The van der Waals surface area contributed by atoms with E-state index in [9.17, 15) is 9.36 Å². The maximum Gasteiger partial charge on any atom is 0.327 e. The van der Waals surface area contributed by atoms with E-state index in [0.29, 0.717) is 5.06 Å². The smallest absolute Gasteiger partial charge is 0.327 e. The van der Waals surface area contributed by atoms with Crippen LogP contribution in [0.25, 0.3) is 0 Å². The molecule has 1 aromatic rings. The highest BCUT2D eigenvalue weighted by Gasteiger charge is 2.03. The standard InChI is InChI=1S/C7H7O4PS/c8-6(5-11-12-9)4-10-7-2-1-3-13-7/h1-3H,4-5H2. The van der Waals surface area contributed by atoms with Crippen LogP contribution in [-0.4, -0.2) is 19.0 Å². The molecule has 0 aliphatic heterocycles. The molecule has 0 spiro atoms. The molecule has 6 heteroatoms. The summed E-state index contributed by atoms with van der Waals surface area (Å²) in [6.45, 7) is -0.230. The van der Waals surface area contributed by atoms with Crippen molar-refractivity contribution in [3.8, 4) is 5.06 Å². The van der Waals surface area contributed by atoms with Crippen molar-refractivity contribution in [3.63, 3.8) is 0 Å². The Labute approximate surface area is 80.8 Å². The van der Waals surface area contributed by atoms with Crippen molar-refractivity contribution < 1.29 is 18.6 Å². The highest BCUT2D eigenvalue weighted by molar-refractivity contribution is 7.17. The molecule has 13 heavy (non-hydrogen) atoms. The number of hydrogen-bond donors (Lipinski definition) is 0. The Morgan fingerprint density at radius 2 is 2.38 bits per heavy atom. The molecule has 1 rings (SSSR count). The van der Waals surface area contributed by atoms with Gasteiger partial charge in [0.15, 0.2) is 10.8 Å². The van der Waals surface area contributed by atoms with E-state index in [4.69, 9.17) is 4.74 Å². The number of thiophene rings is 1. The summed E-state index contributed by atoms with van der Waals surface area (Å²) in [5.41, 5.74) is 0. The topological polar surface area (TPSA) is 52.6 Å². The molecule has 0 aromatic carbocycles. The zero-order chi connectivity index (χ0) is 9.52. The first kappa shape index (κ1) is 10.3. The molecule has 0 bridgehead atoms. The summed E-state index contributed by atoms with van der Waals surface area (Å²) >= 11 is 1.41. The quantitative estimate of drug-likeness (QED) is 0.684. The monoisotopic (exact) mass is 218 g/mol. The molecule has 4 nitrogen and oxygen atoms in total. The van der Waals surface area contributed by atoms with E-state index in [0.717, 1.165) is 0 Å². The first-order valence-corrected chi connectivity index (χ1v) is 5.06. The van der Waals surface area contributed by atoms with Crippen molar-refractivity contribution in [2.24, 2.45) is 0 Å². The van der Waals surface area contributed by atoms with E-state index in [-0.39, 0.29) is 19.0 Å². The summed E-state index contributed by atoms with van der Waals surface area (Å²) in [6, 6.07) is 3.60. The van der Waals surface area contributed by atoms with Gasteiger partial charge in [-0.15, -0.1) is 11.3 Å². The van der Waals surface area contributed by atoms with Crippen molar-refractivity contribution in [3.05, 3.63) is 17.5 Å². The minimum absolute atomic E-state index is 0.0456. The minimum atomic E-state index is -0.483. The number of ether oxygens (including phenoxy) is 1. The number of Topliss-reactive ketones (excluding diaryl/α,β-unsaturated/α-hetero) is 1. The molecular formula is C7H7O4PS. The minimum Gasteiger partial charge on any atom is -0.476 e. The van der Waals surface area contributed by atoms with Crippen molar-refractivity contribution in [1.82, 2.24) is 0 Å². The lowest BCUT2D eigenvalue weighted by molar-refractivity contribution is -0.122. The van der Waals surface area contributed by atoms with Gasteiger partial charge in [-0.3, -0.25) is 9.32 Å². The van der Waals surface area contributed by atoms with Gasteiger partial charge in [-0.1, -0.05) is 0 Å². The van der Waals surface area contributed by atoms with Crippen LogP contribution in [0, 0.1) is 0 Å². The predicted octanol–water partition coefficient (Wildman–Crippen LogP) is 1.92. The Hall–Kier alpha value is -0.770. The van der Waals surface area contributed by atoms with E-state index in [1.54, 1.807) is 6.07 Å². The Bertz CT molecular complexity index is 272. The number of carbonyl (C=O) groups excluding carboxylic acids is 1. The average Bonchev–Trinajstić information content (AvgIpc) is 2.64. The van der Waals surface area contributed by atoms with Crippen molar-refractivity contribution in [1.29, 1.82) is 0 Å². The maximum absolute atomic E-state index is 10.9. The van der Waals surface area contributed by atoms with Gasteiger partial charge >= 0.3 is 8.69 Å². The summed E-state index contributed by atoms with van der Waals surface area (Å²) in [5.74, 6) is -0.239. The number of ketones is 1. The van der Waals surface area contributed by atoms with Crippen LogP contribution in [0.3, 0.4) is 0 Å². The molecule has 0 N–H and O–H groups in total. The van der Waals surface area contributed by atoms with Crippen LogP contribution < -0.4 is 4.74 Å². The van der Waals surface area contributed by atoms with Gasteiger partial charge in [0.1, 0.15) is 13.2 Å². The molecular weight excluding hydrogens is 211 g/mol. The molecule has 0 fully saturated rings. The van der Waals surface area contributed by atoms with E-state index < -0.39 is 8.69 Å². The Kier molecular flexibility index (Phi) is 4.60. The molecule has 0 aliphatic rings. The number of rotatable bonds is 6. The number of hydrogen-bond acceptors (Lipinski definition) is 5. The fourth-order valence-electron chi connectivity index (χ4n) is 0.637. The average molecular weight is 218 g/mol. The molecule has 0 saturated carbocycles. The fraction of sp³-hybridized carbons (Fsp3) is 0.286. The van der Waals surface area contributed by atoms with Gasteiger partial charge in [-0.05, 0) is 17.5 Å². The highest BCUT2D eigenvalue weighted by atomic mass is 32.1. The molecule has 0 aliphatic carbocycles. The van der Waals surface area contributed by atoms with Crippen LogP contribution >= 0.6 is 20.0 Å². The molecule has 1 aromatic heterocycles. The second kappa shape index (κ2) is 5.80. The van der Waals surface area contributed by atoms with E-state index in [1.165, 1.54) is 11.3 Å². The van der Waals surface area contributed by atoms with Crippen LogP contribution in [0.15, 0.2) is 17.5 Å². The van der Waals surface area contributed by atoms with E-state index >= 15 is 0 Å². The highest BCUT2D eigenvalue weighted by Crippen LogP contribution is 2.17. The van der Waals surface area contributed by atoms with Crippen LogP contribution in [0.1, 0.15) is 0 Å². The fourth-order valence-corrected chi connectivity index (χ4v) is 1.41. The summed E-state index contributed by atoms with van der Waals surface area (Å²) in [4.78, 5) is 10.9. The zero-order valence-electron chi connectivity index (χ0n) is 6.63. The van der Waals surface area contributed by atoms with Gasteiger partial charge in [-0.2, -0.15) is 0 Å². The molecule has 70 valence electrons. The summed E-state index contributed by atoms with van der Waals surface area (Å²) in [6.07, 6.45) is 0. The Morgan fingerprint density at radius 3 is 3.00 bits per heavy atom. The zero-order valence-corrected chi connectivity index (χ0v) is 8.35. The second-order valence-corrected chi connectivity index (χ2v) is 3.42. The van der Waals surface area contributed by atoms with E-state index in [2.05, 4.69) is 4.52 Å². The first-order valence-electron chi connectivity index (χ1n) is 3.45. The first-order chi connectivity index (χ1) is 6.33. The molecule has 0 radical (unpaired) electrons. The van der Waals surface area contributed by atoms with Crippen LogP contribution in [0.5, 0.6) is 5.06 Å². The second-order valence-electron chi connectivity index (χ2n) is 2.11. The van der Waals surface area contributed by atoms with Gasteiger partial charge in [0.2, 0.25) is 0 Å². The molecule has 0 unspecified atom stereocenters. The predicted molar refractivity (Wildman–Crippen MR) is 48.4 cm³/mol. The third-order valence-corrected chi connectivity index (χ3v) is 2.16. The SMILES string of the molecule is O=POCC(=O)COc1cccs1. The molecule has 1 heterocycles. The van der Waals surface area contributed by atoms with Gasteiger partial charge in [0, 0.05) is 0 Å².